The first kappa shape index (κ1) is 22.5. The van der Waals surface area contributed by atoms with Gasteiger partial charge in [-0.25, -0.2) is 4.79 Å². The molecule has 1 aliphatic rings. The maximum absolute atomic E-state index is 12.4. The second-order valence-electron chi connectivity index (χ2n) is 7.17. The van der Waals surface area contributed by atoms with E-state index in [0.717, 1.165) is 45.2 Å². The van der Waals surface area contributed by atoms with Gasteiger partial charge in [0.05, 0.1) is 6.61 Å². The Morgan fingerprint density at radius 2 is 1.89 bits per heavy atom. The van der Waals surface area contributed by atoms with E-state index in [-0.39, 0.29) is 18.7 Å². The highest BCUT2D eigenvalue weighted by molar-refractivity contribution is 6.30. The summed E-state index contributed by atoms with van der Waals surface area (Å²) in [5, 5.41) is 9.62. The number of carbonyl (C=O) groups excluding carboxylic acids is 1. The molecule has 0 bridgehead atoms. The molecule has 1 aromatic carbocycles. The van der Waals surface area contributed by atoms with Crippen LogP contribution in [0.15, 0.2) is 24.3 Å². The fraction of sp³-hybridized carbons (Fsp3) is 0.591. The second-order valence-corrected chi connectivity index (χ2v) is 7.60. The molecule has 1 saturated carbocycles. The van der Waals surface area contributed by atoms with Crippen molar-refractivity contribution in [1.82, 2.24) is 9.80 Å². The van der Waals surface area contributed by atoms with E-state index >= 15 is 0 Å². The maximum Gasteiger partial charge on any atom is 0.415 e. The lowest BCUT2D eigenvalue weighted by atomic mass is 9.86. The van der Waals surface area contributed by atoms with Gasteiger partial charge in [-0.05, 0) is 56.5 Å². The van der Waals surface area contributed by atoms with Gasteiger partial charge in [0.25, 0.3) is 0 Å². The molecular weight excluding hydrogens is 376 g/mol. The molecular formula is C22H31ClN2O3. The summed E-state index contributed by atoms with van der Waals surface area (Å²) in [6.45, 7) is 4.84. The standard InChI is InChI=1S/C22H31ClN2O3/c1-3-25(16-17-26)15-5-4-6-18-7-11-20(12-8-18)24(2)22(27)28-21-13-9-19(23)10-14-21/h9-10,13-14,18,20,26H,3,5,7-8,11-12,15-17H2,1-2H3. The highest BCUT2D eigenvalue weighted by Crippen LogP contribution is 2.27. The van der Waals surface area contributed by atoms with Crippen molar-refractivity contribution in [3.8, 4) is 17.6 Å². The number of aliphatic hydroxyl groups is 1. The molecule has 0 saturated heterocycles. The van der Waals surface area contributed by atoms with Gasteiger partial charge in [0.1, 0.15) is 5.75 Å². The zero-order chi connectivity index (χ0) is 20.4. The third-order valence-corrected chi connectivity index (χ3v) is 5.53. The van der Waals surface area contributed by atoms with Gasteiger partial charge < -0.3 is 19.6 Å². The molecule has 0 heterocycles. The van der Waals surface area contributed by atoms with Crippen LogP contribution in [0.2, 0.25) is 5.02 Å². The van der Waals surface area contributed by atoms with E-state index < -0.39 is 0 Å². The summed E-state index contributed by atoms with van der Waals surface area (Å²) in [5.74, 6) is 7.59. The number of halogens is 1. The van der Waals surface area contributed by atoms with Gasteiger partial charge in [-0.1, -0.05) is 24.4 Å². The van der Waals surface area contributed by atoms with Crippen molar-refractivity contribution < 1.29 is 14.6 Å². The van der Waals surface area contributed by atoms with Crippen molar-refractivity contribution in [1.29, 1.82) is 0 Å². The maximum atomic E-state index is 12.4. The first-order chi connectivity index (χ1) is 13.5. The van der Waals surface area contributed by atoms with Crippen LogP contribution in [0.25, 0.3) is 0 Å². The molecule has 28 heavy (non-hydrogen) atoms. The average Bonchev–Trinajstić information content (AvgIpc) is 2.71. The Kier molecular flexibility index (Phi) is 9.63. The summed E-state index contributed by atoms with van der Waals surface area (Å²) in [4.78, 5) is 16.3. The zero-order valence-corrected chi connectivity index (χ0v) is 17.6. The van der Waals surface area contributed by atoms with Crippen LogP contribution in [0.1, 0.15) is 39.0 Å². The largest absolute Gasteiger partial charge is 0.415 e. The van der Waals surface area contributed by atoms with Crippen LogP contribution in [-0.2, 0) is 0 Å². The van der Waals surface area contributed by atoms with Crippen molar-refractivity contribution in [2.75, 3.05) is 33.3 Å². The van der Waals surface area contributed by atoms with Crippen LogP contribution in [0.4, 0.5) is 4.79 Å². The molecule has 0 unspecified atom stereocenters. The van der Waals surface area contributed by atoms with E-state index in [9.17, 15) is 4.79 Å². The van der Waals surface area contributed by atoms with E-state index in [1.165, 1.54) is 0 Å². The summed E-state index contributed by atoms with van der Waals surface area (Å²) in [6, 6.07) is 6.99. The Morgan fingerprint density at radius 1 is 1.21 bits per heavy atom. The quantitative estimate of drug-likeness (QED) is 0.694. The number of likely N-dealkylation sites (N-methyl/N-ethyl adjacent to an activating group) is 1. The number of ether oxygens (including phenoxy) is 1. The lowest BCUT2D eigenvalue weighted by Crippen LogP contribution is -2.40. The van der Waals surface area contributed by atoms with Gasteiger partial charge in [0.15, 0.2) is 0 Å². The highest BCUT2D eigenvalue weighted by atomic mass is 35.5. The fourth-order valence-electron chi connectivity index (χ4n) is 3.43. The van der Waals surface area contributed by atoms with Crippen LogP contribution in [-0.4, -0.2) is 60.3 Å². The van der Waals surface area contributed by atoms with E-state index in [2.05, 4.69) is 23.7 Å². The van der Waals surface area contributed by atoms with Crippen molar-refractivity contribution in [3.63, 3.8) is 0 Å². The molecule has 5 nitrogen and oxygen atoms in total. The molecule has 0 radical (unpaired) electrons. The summed E-state index contributed by atoms with van der Waals surface area (Å²) < 4.78 is 5.42. The van der Waals surface area contributed by atoms with Crippen LogP contribution in [0.3, 0.4) is 0 Å². The second kappa shape index (κ2) is 12.0. The third kappa shape index (κ3) is 7.35. The summed E-state index contributed by atoms with van der Waals surface area (Å²) in [7, 11) is 1.80. The number of nitrogens with zero attached hydrogens (tertiary/aromatic N) is 2. The summed E-state index contributed by atoms with van der Waals surface area (Å²) >= 11 is 5.85. The first-order valence-corrected chi connectivity index (χ1v) is 10.4. The number of amides is 1. The van der Waals surface area contributed by atoms with Crippen molar-refractivity contribution in [3.05, 3.63) is 29.3 Å². The number of hydrogen-bond donors (Lipinski definition) is 1. The Bertz CT molecular complexity index is 661. The van der Waals surface area contributed by atoms with Crippen LogP contribution >= 0.6 is 11.6 Å². The third-order valence-electron chi connectivity index (χ3n) is 5.27. The minimum absolute atomic E-state index is 0.193. The number of benzene rings is 1. The lowest BCUT2D eigenvalue weighted by Gasteiger charge is -2.32. The lowest BCUT2D eigenvalue weighted by molar-refractivity contribution is 0.129. The van der Waals surface area contributed by atoms with Crippen molar-refractivity contribution in [2.45, 2.75) is 45.1 Å². The first-order valence-electron chi connectivity index (χ1n) is 10.0. The molecule has 154 valence electrons. The van der Waals surface area contributed by atoms with Gasteiger partial charge in [-0.3, -0.25) is 0 Å². The molecule has 1 aromatic rings. The molecule has 0 aromatic heterocycles. The number of aliphatic hydroxyl groups excluding tert-OH is 1. The van der Waals surface area contributed by atoms with Gasteiger partial charge in [-0.15, -0.1) is 5.92 Å². The van der Waals surface area contributed by atoms with Gasteiger partial charge in [0.2, 0.25) is 0 Å². The van der Waals surface area contributed by atoms with Gasteiger partial charge in [0, 0.05) is 43.5 Å². The molecule has 1 amide bonds. The predicted octanol–water partition coefficient (Wildman–Crippen LogP) is 4.04. The minimum Gasteiger partial charge on any atom is -0.410 e. The van der Waals surface area contributed by atoms with Crippen LogP contribution in [0, 0.1) is 17.8 Å². The van der Waals surface area contributed by atoms with Crippen LogP contribution in [0.5, 0.6) is 5.75 Å². The molecule has 0 spiro atoms. The SMILES string of the molecule is CCN(CCO)CCC#CC1CCC(N(C)C(=O)Oc2ccc(Cl)cc2)CC1. The van der Waals surface area contributed by atoms with Crippen molar-refractivity contribution >= 4 is 17.7 Å². The molecule has 2 rings (SSSR count). The molecule has 1 aliphatic carbocycles. The molecule has 1 N–H and O–H groups in total. The van der Waals surface area contributed by atoms with E-state index in [4.69, 9.17) is 21.4 Å². The monoisotopic (exact) mass is 406 g/mol. The van der Waals surface area contributed by atoms with E-state index in [1.54, 1.807) is 36.2 Å². The predicted molar refractivity (Wildman–Crippen MR) is 113 cm³/mol. The van der Waals surface area contributed by atoms with Crippen LogP contribution < -0.4 is 4.74 Å². The number of rotatable bonds is 7. The van der Waals surface area contributed by atoms with Crippen molar-refractivity contribution in [2.24, 2.45) is 5.92 Å². The molecule has 6 heteroatoms. The fourth-order valence-corrected chi connectivity index (χ4v) is 3.56. The highest BCUT2D eigenvalue weighted by Gasteiger charge is 2.26. The Balaban J connectivity index is 1.73. The molecule has 0 aliphatic heterocycles. The number of hydrogen-bond acceptors (Lipinski definition) is 4. The van der Waals surface area contributed by atoms with E-state index in [1.807, 2.05) is 0 Å². The van der Waals surface area contributed by atoms with E-state index in [0.29, 0.717) is 23.2 Å². The topological polar surface area (TPSA) is 53.0 Å². The Labute approximate surface area is 173 Å². The Morgan fingerprint density at radius 3 is 2.50 bits per heavy atom. The smallest absolute Gasteiger partial charge is 0.410 e. The summed E-state index contributed by atoms with van der Waals surface area (Å²) in [5.41, 5.74) is 0. The number of carbonyl (C=O) groups is 1. The summed E-state index contributed by atoms with van der Waals surface area (Å²) in [6.07, 6.45) is 4.39. The minimum atomic E-state index is -0.333. The normalized spacial score (nSPS) is 19.0. The Hall–Kier alpha value is -1.74. The molecule has 0 atom stereocenters. The van der Waals surface area contributed by atoms with Gasteiger partial charge >= 0.3 is 6.09 Å². The average molecular weight is 407 g/mol. The van der Waals surface area contributed by atoms with Gasteiger partial charge in [-0.2, -0.15) is 0 Å². The molecule has 1 fully saturated rings. The zero-order valence-electron chi connectivity index (χ0n) is 16.9.